The average Bonchev–Trinajstić information content (AvgIpc) is 2.04. The Bertz CT molecular complexity index is 134. The lowest BCUT2D eigenvalue weighted by Crippen LogP contribution is -2.35. The number of ether oxygens (including phenoxy) is 1. The van der Waals surface area contributed by atoms with Crippen LogP contribution in [0.15, 0.2) is 0 Å². The Morgan fingerprint density at radius 2 is 2.08 bits per heavy atom. The van der Waals surface area contributed by atoms with Crippen molar-refractivity contribution in [3.63, 3.8) is 0 Å². The Balaban J connectivity index is 4.25. The number of carbonyl (C=O) groups is 1. The molecule has 0 spiro atoms. The van der Waals surface area contributed by atoms with Gasteiger partial charge >= 0.3 is 0 Å². The van der Waals surface area contributed by atoms with Crippen molar-refractivity contribution in [3.05, 3.63) is 0 Å². The molecule has 0 amide bonds. The van der Waals surface area contributed by atoms with Crippen molar-refractivity contribution in [2.45, 2.75) is 52.6 Å². The SMILES string of the molecule is CCCC(C)(OC=O)C(C)CC. The number of hydrogen-bond acceptors (Lipinski definition) is 2. The lowest BCUT2D eigenvalue weighted by Gasteiger charge is -2.33. The molecule has 0 saturated carbocycles. The Morgan fingerprint density at radius 3 is 2.42 bits per heavy atom. The second kappa shape index (κ2) is 5.18. The molecule has 0 aliphatic heterocycles. The molecule has 0 aliphatic rings. The van der Waals surface area contributed by atoms with Crippen molar-refractivity contribution in [2.24, 2.45) is 5.92 Å². The maximum Gasteiger partial charge on any atom is 0.293 e. The smallest absolute Gasteiger partial charge is 0.293 e. The fourth-order valence-electron chi connectivity index (χ4n) is 1.46. The maximum atomic E-state index is 10.3. The fraction of sp³-hybridized carbons (Fsp3) is 0.900. The van der Waals surface area contributed by atoms with Crippen LogP contribution in [0.25, 0.3) is 0 Å². The maximum absolute atomic E-state index is 10.3. The van der Waals surface area contributed by atoms with Gasteiger partial charge in [0.05, 0.1) is 0 Å². The van der Waals surface area contributed by atoms with Crippen molar-refractivity contribution in [1.29, 1.82) is 0 Å². The van der Waals surface area contributed by atoms with Crippen LogP contribution in [0.2, 0.25) is 0 Å². The van der Waals surface area contributed by atoms with E-state index in [0.29, 0.717) is 12.4 Å². The second-order valence-electron chi connectivity index (χ2n) is 3.59. The van der Waals surface area contributed by atoms with Crippen molar-refractivity contribution in [2.75, 3.05) is 0 Å². The predicted molar refractivity (Wildman–Crippen MR) is 49.9 cm³/mol. The molecule has 0 radical (unpaired) electrons. The highest BCUT2D eigenvalue weighted by atomic mass is 16.5. The van der Waals surface area contributed by atoms with E-state index in [9.17, 15) is 4.79 Å². The molecule has 0 fully saturated rings. The van der Waals surface area contributed by atoms with E-state index in [2.05, 4.69) is 20.8 Å². The lowest BCUT2D eigenvalue weighted by molar-refractivity contribution is -0.148. The zero-order valence-electron chi connectivity index (χ0n) is 8.59. The molecule has 0 saturated heterocycles. The van der Waals surface area contributed by atoms with Crippen molar-refractivity contribution in [3.8, 4) is 0 Å². The molecule has 2 heteroatoms. The van der Waals surface area contributed by atoms with E-state index in [1.54, 1.807) is 0 Å². The van der Waals surface area contributed by atoms with Gasteiger partial charge in [0, 0.05) is 0 Å². The monoisotopic (exact) mass is 172 g/mol. The van der Waals surface area contributed by atoms with Gasteiger partial charge in [0.15, 0.2) is 0 Å². The van der Waals surface area contributed by atoms with Crippen LogP contribution in [0.4, 0.5) is 0 Å². The van der Waals surface area contributed by atoms with Gasteiger partial charge in [-0.15, -0.1) is 0 Å². The molecule has 12 heavy (non-hydrogen) atoms. The van der Waals surface area contributed by atoms with Crippen LogP contribution < -0.4 is 0 Å². The first-order chi connectivity index (χ1) is 5.60. The zero-order valence-corrected chi connectivity index (χ0v) is 8.59. The van der Waals surface area contributed by atoms with Gasteiger partial charge in [0.1, 0.15) is 5.60 Å². The van der Waals surface area contributed by atoms with Crippen LogP contribution in [0.5, 0.6) is 0 Å². The molecule has 2 atom stereocenters. The van der Waals surface area contributed by atoms with Crippen LogP contribution in [0.1, 0.15) is 47.0 Å². The Morgan fingerprint density at radius 1 is 1.50 bits per heavy atom. The van der Waals surface area contributed by atoms with Gasteiger partial charge in [-0.3, -0.25) is 4.79 Å². The van der Waals surface area contributed by atoms with E-state index in [4.69, 9.17) is 4.74 Å². The summed E-state index contributed by atoms with van der Waals surface area (Å²) in [5, 5.41) is 0. The Labute approximate surface area is 75.3 Å². The minimum atomic E-state index is -0.259. The van der Waals surface area contributed by atoms with Gasteiger partial charge in [-0.2, -0.15) is 0 Å². The summed E-state index contributed by atoms with van der Waals surface area (Å²) in [6.07, 6.45) is 3.04. The average molecular weight is 172 g/mol. The normalized spacial score (nSPS) is 18.0. The third-order valence-electron chi connectivity index (χ3n) is 2.72. The van der Waals surface area contributed by atoms with E-state index in [1.807, 2.05) is 6.92 Å². The van der Waals surface area contributed by atoms with Crippen LogP contribution in [-0.2, 0) is 9.53 Å². The molecule has 0 aromatic carbocycles. The summed E-state index contributed by atoms with van der Waals surface area (Å²) < 4.78 is 5.14. The second-order valence-corrected chi connectivity index (χ2v) is 3.59. The van der Waals surface area contributed by atoms with Gasteiger partial charge in [-0.25, -0.2) is 0 Å². The summed E-state index contributed by atoms with van der Waals surface area (Å²) in [4.78, 5) is 10.3. The quantitative estimate of drug-likeness (QED) is 0.576. The molecule has 0 bridgehead atoms. The molecule has 2 nitrogen and oxygen atoms in total. The van der Waals surface area contributed by atoms with Crippen LogP contribution in [0.3, 0.4) is 0 Å². The van der Waals surface area contributed by atoms with Gasteiger partial charge in [0.2, 0.25) is 0 Å². The van der Waals surface area contributed by atoms with E-state index in [-0.39, 0.29) is 5.60 Å². The molecule has 0 aromatic rings. The summed E-state index contributed by atoms with van der Waals surface area (Å²) in [6, 6.07) is 0. The topological polar surface area (TPSA) is 26.3 Å². The van der Waals surface area contributed by atoms with Crippen LogP contribution in [0, 0.1) is 5.92 Å². The van der Waals surface area contributed by atoms with Crippen LogP contribution >= 0.6 is 0 Å². The van der Waals surface area contributed by atoms with E-state index >= 15 is 0 Å². The Kier molecular flexibility index (Phi) is 4.95. The number of carbonyl (C=O) groups excluding carboxylic acids is 1. The summed E-state index contributed by atoms with van der Waals surface area (Å²) in [5.74, 6) is 0.433. The largest absolute Gasteiger partial charge is 0.461 e. The molecule has 72 valence electrons. The summed E-state index contributed by atoms with van der Waals surface area (Å²) >= 11 is 0. The lowest BCUT2D eigenvalue weighted by atomic mass is 9.85. The third kappa shape index (κ3) is 2.84. The first-order valence-electron chi connectivity index (χ1n) is 4.72. The molecule has 0 aliphatic carbocycles. The summed E-state index contributed by atoms with van der Waals surface area (Å²) in [7, 11) is 0. The van der Waals surface area contributed by atoms with E-state index in [0.717, 1.165) is 19.3 Å². The molecular formula is C10H20O2. The van der Waals surface area contributed by atoms with Gasteiger partial charge in [-0.05, 0) is 25.7 Å². The predicted octanol–water partition coefficient (Wildman–Crippen LogP) is 2.76. The third-order valence-corrected chi connectivity index (χ3v) is 2.72. The summed E-state index contributed by atoms with van der Waals surface area (Å²) in [5.41, 5.74) is -0.259. The molecule has 0 heterocycles. The van der Waals surface area contributed by atoms with Gasteiger partial charge < -0.3 is 4.74 Å². The van der Waals surface area contributed by atoms with Crippen molar-refractivity contribution >= 4 is 6.47 Å². The van der Waals surface area contributed by atoms with E-state index < -0.39 is 0 Å². The van der Waals surface area contributed by atoms with Crippen LogP contribution in [-0.4, -0.2) is 12.1 Å². The molecular weight excluding hydrogens is 152 g/mol. The molecule has 2 unspecified atom stereocenters. The summed E-state index contributed by atoms with van der Waals surface area (Å²) in [6.45, 7) is 8.93. The highest BCUT2D eigenvalue weighted by molar-refractivity contribution is 5.38. The minimum Gasteiger partial charge on any atom is -0.461 e. The molecule has 0 N–H and O–H groups in total. The standard InChI is InChI=1S/C10H20O2/c1-5-7-10(4,12-8-11)9(3)6-2/h8-9H,5-7H2,1-4H3. The highest BCUT2D eigenvalue weighted by Crippen LogP contribution is 2.28. The molecule has 0 aromatic heterocycles. The van der Waals surface area contributed by atoms with Gasteiger partial charge in [0.25, 0.3) is 6.47 Å². The van der Waals surface area contributed by atoms with Gasteiger partial charge in [-0.1, -0.05) is 27.2 Å². The molecule has 0 rings (SSSR count). The Hall–Kier alpha value is -0.530. The number of rotatable bonds is 6. The fourth-order valence-corrected chi connectivity index (χ4v) is 1.46. The highest BCUT2D eigenvalue weighted by Gasteiger charge is 2.30. The van der Waals surface area contributed by atoms with Crippen molar-refractivity contribution in [1.82, 2.24) is 0 Å². The first kappa shape index (κ1) is 11.5. The zero-order chi connectivity index (χ0) is 9.61. The minimum absolute atomic E-state index is 0.259. The van der Waals surface area contributed by atoms with Crippen molar-refractivity contribution < 1.29 is 9.53 Å². The van der Waals surface area contributed by atoms with E-state index in [1.165, 1.54) is 0 Å². The first-order valence-corrected chi connectivity index (χ1v) is 4.72. The number of hydrogen-bond donors (Lipinski definition) is 0.